The molecule has 0 radical (unpaired) electrons. The molecule has 1 amide bonds. The third-order valence-electron chi connectivity index (χ3n) is 2.13. The van der Waals surface area contributed by atoms with E-state index < -0.39 is 0 Å². The Kier molecular flexibility index (Phi) is 1.69. The zero-order valence-corrected chi connectivity index (χ0v) is 6.96. The van der Waals surface area contributed by atoms with Crippen LogP contribution < -0.4 is 10.6 Å². The van der Waals surface area contributed by atoms with E-state index in [1.54, 1.807) is 0 Å². The number of halogens is 1. The molecule has 0 unspecified atom stereocenters. The maximum atomic E-state index is 12.8. The number of carbonyl (C=O) groups excluding carboxylic acids is 1. The Morgan fingerprint density at radius 1 is 1.46 bits per heavy atom. The molecule has 2 N–H and O–H groups in total. The summed E-state index contributed by atoms with van der Waals surface area (Å²) in [4.78, 5) is 12.5. The zero-order chi connectivity index (χ0) is 9.42. The van der Waals surface area contributed by atoms with Gasteiger partial charge in [-0.25, -0.2) is 4.39 Å². The Hall–Kier alpha value is -1.58. The summed E-state index contributed by atoms with van der Waals surface area (Å²) < 4.78 is 12.8. The minimum Gasteiger partial charge on any atom is -0.397 e. The quantitative estimate of drug-likeness (QED) is 0.520. The van der Waals surface area contributed by atoms with Crippen LogP contribution in [0.5, 0.6) is 0 Å². The van der Waals surface area contributed by atoms with Crippen molar-refractivity contribution >= 4 is 17.3 Å². The van der Waals surface area contributed by atoms with Gasteiger partial charge in [0.25, 0.3) is 0 Å². The van der Waals surface area contributed by atoms with Crippen LogP contribution in [0.4, 0.5) is 15.8 Å². The van der Waals surface area contributed by atoms with Crippen molar-refractivity contribution in [2.75, 3.05) is 17.2 Å². The molecule has 1 fully saturated rings. The van der Waals surface area contributed by atoms with Crippen molar-refractivity contribution in [3.63, 3.8) is 0 Å². The Labute approximate surface area is 74.9 Å². The third-order valence-corrected chi connectivity index (χ3v) is 2.13. The van der Waals surface area contributed by atoms with Gasteiger partial charge in [0.15, 0.2) is 0 Å². The van der Waals surface area contributed by atoms with Crippen LogP contribution in [-0.4, -0.2) is 12.5 Å². The van der Waals surface area contributed by atoms with E-state index in [0.717, 1.165) is 0 Å². The molecular formula is C9H9FN2O. The number of nitrogens with zero attached hydrogens (tertiary/aromatic N) is 1. The maximum Gasteiger partial charge on any atom is 0.228 e. The molecule has 1 aromatic carbocycles. The number of β-lactam (4-membered cyclic amide) rings is 1. The molecule has 0 saturated carbocycles. The van der Waals surface area contributed by atoms with Gasteiger partial charge >= 0.3 is 0 Å². The maximum absolute atomic E-state index is 12.8. The number of carbonyl (C=O) groups is 1. The van der Waals surface area contributed by atoms with E-state index >= 15 is 0 Å². The molecule has 1 saturated heterocycles. The molecule has 13 heavy (non-hydrogen) atoms. The van der Waals surface area contributed by atoms with E-state index in [1.807, 2.05) is 0 Å². The molecule has 0 spiro atoms. The van der Waals surface area contributed by atoms with Crippen LogP contribution in [0.3, 0.4) is 0 Å². The lowest BCUT2D eigenvalue weighted by Gasteiger charge is -2.31. The minimum atomic E-state index is -0.371. The standard InChI is InChI=1S/C9H9FN2O/c10-6-1-2-7(11)8(5-6)12-4-3-9(12)13/h1-2,5H,3-4,11H2. The number of rotatable bonds is 1. The predicted molar refractivity (Wildman–Crippen MR) is 47.8 cm³/mol. The molecule has 4 heteroatoms. The minimum absolute atomic E-state index is 0.00250. The van der Waals surface area contributed by atoms with E-state index in [1.165, 1.54) is 23.1 Å². The SMILES string of the molecule is Nc1ccc(F)cc1N1CCC1=O. The Bertz CT molecular complexity index is 365. The van der Waals surface area contributed by atoms with E-state index in [-0.39, 0.29) is 11.7 Å². The number of anilines is 2. The Morgan fingerprint density at radius 3 is 2.77 bits per heavy atom. The van der Waals surface area contributed by atoms with Gasteiger partial charge in [0.1, 0.15) is 5.82 Å². The first-order valence-electron chi connectivity index (χ1n) is 4.04. The van der Waals surface area contributed by atoms with Crippen LogP contribution in [-0.2, 0) is 4.79 Å². The monoisotopic (exact) mass is 180 g/mol. The van der Waals surface area contributed by atoms with Crippen LogP contribution in [0.25, 0.3) is 0 Å². The Balaban J connectivity index is 2.38. The summed E-state index contributed by atoms with van der Waals surface area (Å²) in [5.74, 6) is -0.374. The van der Waals surface area contributed by atoms with Gasteiger partial charge in [-0.2, -0.15) is 0 Å². The molecule has 0 bridgehead atoms. The van der Waals surface area contributed by atoms with Crippen molar-refractivity contribution in [1.29, 1.82) is 0 Å². The Morgan fingerprint density at radius 2 is 2.23 bits per heavy atom. The number of benzene rings is 1. The number of nitrogen functional groups attached to an aromatic ring is 1. The normalized spacial score (nSPS) is 15.8. The first kappa shape index (κ1) is 8.04. The van der Waals surface area contributed by atoms with Gasteiger partial charge in [0, 0.05) is 13.0 Å². The number of nitrogens with two attached hydrogens (primary N) is 1. The fraction of sp³-hybridized carbons (Fsp3) is 0.222. The average Bonchev–Trinajstić information content (AvgIpc) is 2.09. The third kappa shape index (κ3) is 1.24. The molecule has 0 atom stereocenters. The van der Waals surface area contributed by atoms with Gasteiger partial charge in [0.2, 0.25) is 5.91 Å². The molecule has 2 rings (SSSR count). The zero-order valence-electron chi connectivity index (χ0n) is 6.96. The predicted octanol–water partition coefficient (Wildman–Crippen LogP) is 1.14. The molecule has 1 heterocycles. The second-order valence-corrected chi connectivity index (χ2v) is 3.00. The summed E-state index contributed by atoms with van der Waals surface area (Å²) in [5.41, 5.74) is 6.52. The highest BCUT2D eigenvalue weighted by Gasteiger charge is 2.26. The fourth-order valence-electron chi connectivity index (χ4n) is 1.32. The molecule has 1 aliphatic heterocycles. The molecule has 68 valence electrons. The lowest BCUT2D eigenvalue weighted by Crippen LogP contribution is -2.43. The van der Waals surface area contributed by atoms with Gasteiger partial charge in [-0.15, -0.1) is 0 Å². The van der Waals surface area contributed by atoms with Crippen molar-refractivity contribution in [1.82, 2.24) is 0 Å². The smallest absolute Gasteiger partial charge is 0.228 e. The molecular weight excluding hydrogens is 171 g/mol. The van der Waals surface area contributed by atoms with Crippen LogP contribution in [0.1, 0.15) is 6.42 Å². The summed E-state index contributed by atoms with van der Waals surface area (Å²) in [6.45, 7) is 0.631. The van der Waals surface area contributed by atoms with E-state index in [0.29, 0.717) is 24.3 Å². The number of amides is 1. The van der Waals surface area contributed by atoms with Gasteiger partial charge in [-0.05, 0) is 18.2 Å². The van der Waals surface area contributed by atoms with Gasteiger partial charge in [-0.3, -0.25) is 4.79 Å². The van der Waals surface area contributed by atoms with Crippen LogP contribution >= 0.6 is 0 Å². The number of hydrogen-bond donors (Lipinski definition) is 1. The van der Waals surface area contributed by atoms with Crippen LogP contribution in [0.2, 0.25) is 0 Å². The molecule has 3 nitrogen and oxygen atoms in total. The van der Waals surface area contributed by atoms with Gasteiger partial charge in [0.05, 0.1) is 11.4 Å². The highest BCUT2D eigenvalue weighted by atomic mass is 19.1. The average molecular weight is 180 g/mol. The second kappa shape index (κ2) is 2.73. The highest BCUT2D eigenvalue weighted by molar-refractivity contribution is 6.01. The van der Waals surface area contributed by atoms with Crippen molar-refractivity contribution < 1.29 is 9.18 Å². The molecule has 0 aliphatic carbocycles. The first-order chi connectivity index (χ1) is 6.18. The second-order valence-electron chi connectivity index (χ2n) is 3.00. The highest BCUT2D eigenvalue weighted by Crippen LogP contribution is 2.28. The van der Waals surface area contributed by atoms with Crippen molar-refractivity contribution in [2.24, 2.45) is 0 Å². The lowest BCUT2D eigenvalue weighted by atomic mass is 10.1. The van der Waals surface area contributed by atoms with Crippen molar-refractivity contribution in [3.8, 4) is 0 Å². The van der Waals surface area contributed by atoms with E-state index in [2.05, 4.69) is 0 Å². The summed E-state index contributed by atoms with van der Waals surface area (Å²) >= 11 is 0. The largest absolute Gasteiger partial charge is 0.397 e. The topological polar surface area (TPSA) is 46.3 Å². The summed E-state index contributed by atoms with van der Waals surface area (Å²) in [6, 6.07) is 4.03. The molecule has 1 aromatic rings. The van der Waals surface area contributed by atoms with Crippen molar-refractivity contribution in [3.05, 3.63) is 24.0 Å². The summed E-state index contributed by atoms with van der Waals surface area (Å²) in [6.07, 6.45) is 0.524. The molecule has 1 aliphatic rings. The number of hydrogen-bond acceptors (Lipinski definition) is 2. The van der Waals surface area contributed by atoms with Crippen LogP contribution in [0, 0.1) is 5.82 Å². The first-order valence-corrected chi connectivity index (χ1v) is 4.04. The van der Waals surface area contributed by atoms with E-state index in [4.69, 9.17) is 5.73 Å². The van der Waals surface area contributed by atoms with Crippen LogP contribution in [0.15, 0.2) is 18.2 Å². The summed E-state index contributed by atoms with van der Waals surface area (Å²) in [5, 5.41) is 0. The van der Waals surface area contributed by atoms with Crippen molar-refractivity contribution in [2.45, 2.75) is 6.42 Å². The summed E-state index contributed by atoms with van der Waals surface area (Å²) in [7, 11) is 0. The van der Waals surface area contributed by atoms with Gasteiger partial charge in [-0.1, -0.05) is 0 Å². The van der Waals surface area contributed by atoms with E-state index in [9.17, 15) is 9.18 Å². The van der Waals surface area contributed by atoms with Gasteiger partial charge < -0.3 is 10.6 Å². The lowest BCUT2D eigenvalue weighted by molar-refractivity contribution is -0.122. The molecule has 0 aromatic heterocycles. The fourth-order valence-corrected chi connectivity index (χ4v) is 1.32.